The minimum atomic E-state index is -3.32. The van der Waals surface area contributed by atoms with E-state index in [1.54, 1.807) is 12.1 Å². The highest BCUT2D eigenvalue weighted by molar-refractivity contribution is 7.92. The average molecular weight is 370 g/mol. The van der Waals surface area contributed by atoms with Crippen LogP contribution >= 0.6 is 0 Å². The van der Waals surface area contributed by atoms with Gasteiger partial charge in [-0.25, -0.2) is 8.42 Å². The van der Waals surface area contributed by atoms with Gasteiger partial charge in [-0.3, -0.25) is 9.10 Å². The Labute approximate surface area is 154 Å². The molecule has 0 fully saturated rings. The molecule has 2 aromatic rings. The van der Waals surface area contributed by atoms with Crippen molar-refractivity contribution in [1.82, 2.24) is 5.32 Å². The number of hydrogen-bond acceptors (Lipinski definition) is 3. The molecule has 2 unspecified atom stereocenters. The number of nitrogens with zero attached hydrogens (tertiary/aromatic N) is 1. The number of carbonyl (C=O) groups excluding carboxylic acids is 1. The molecule has 2 aliphatic rings. The highest BCUT2D eigenvalue weighted by Crippen LogP contribution is 2.35. The maximum atomic E-state index is 12.7. The monoisotopic (exact) mass is 370 g/mol. The van der Waals surface area contributed by atoms with E-state index in [0.29, 0.717) is 17.7 Å². The van der Waals surface area contributed by atoms with Gasteiger partial charge in [0, 0.05) is 11.6 Å². The number of anilines is 1. The maximum Gasteiger partial charge on any atom is 0.251 e. The van der Waals surface area contributed by atoms with Crippen LogP contribution in [0.4, 0.5) is 5.69 Å². The number of benzene rings is 2. The van der Waals surface area contributed by atoms with Gasteiger partial charge in [0.25, 0.3) is 5.91 Å². The lowest BCUT2D eigenvalue weighted by molar-refractivity contribution is 0.0936. The quantitative estimate of drug-likeness (QED) is 0.903. The summed E-state index contributed by atoms with van der Waals surface area (Å²) in [6.07, 6.45) is 3.73. The molecule has 0 saturated carbocycles. The lowest BCUT2D eigenvalue weighted by Crippen LogP contribution is -2.34. The summed E-state index contributed by atoms with van der Waals surface area (Å²) >= 11 is 0. The second kappa shape index (κ2) is 6.13. The summed E-state index contributed by atoms with van der Waals surface area (Å²) in [4.78, 5) is 12.7. The summed E-state index contributed by atoms with van der Waals surface area (Å²) in [6.45, 7) is 1.89. The molecule has 136 valence electrons. The Kier molecular flexibility index (Phi) is 4.03. The Morgan fingerprint density at radius 3 is 2.69 bits per heavy atom. The smallest absolute Gasteiger partial charge is 0.251 e. The zero-order valence-electron chi connectivity index (χ0n) is 14.9. The van der Waals surface area contributed by atoms with Crippen molar-refractivity contribution in [3.63, 3.8) is 0 Å². The van der Waals surface area contributed by atoms with Gasteiger partial charge in [0.05, 0.1) is 18.0 Å². The minimum absolute atomic E-state index is 0.0402. The fraction of sp³-hybridized carbons (Fsp3) is 0.350. The summed E-state index contributed by atoms with van der Waals surface area (Å²) in [5.41, 5.74) is 4.66. The second-order valence-electron chi connectivity index (χ2n) is 7.22. The molecule has 0 saturated heterocycles. The highest BCUT2D eigenvalue weighted by atomic mass is 32.2. The molecule has 4 rings (SSSR count). The normalized spacial score (nSPS) is 21.4. The first kappa shape index (κ1) is 17.1. The number of hydrogen-bond donors (Lipinski definition) is 1. The Hall–Kier alpha value is -2.34. The van der Waals surface area contributed by atoms with Gasteiger partial charge in [-0.1, -0.05) is 24.3 Å². The van der Waals surface area contributed by atoms with E-state index in [9.17, 15) is 13.2 Å². The van der Waals surface area contributed by atoms with Gasteiger partial charge in [0.1, 0.15) is 0 Å². The predicted molar refractivity (Wildman–Crippen MR) is 102 cm³/mol. The van der Waals surface area contributed by atoms with Crippen molar-refractivity contribution in [2.75, 3.05) is 10.6 Å². The zero-order chi connectivity index (χ0) is 18.5. The van der Waals surface area contributed by atoms with Crippen LogP contribution in [0.1, 0.15) is 46.4 Å². The van der Waals surface area contributed by atoms with Gasteiger partial charge in [-0.05, 0) is 61.1 Å². The lowest BCUT2D eigenvalue weighted by atomic mass is 10.0. The summed E-state index contributed by atoms with van der Waals surface area (Å²) in [5, 5.41) is 3.12. The standard InChI is InChI=1S/C20H22N2O3S/c1-13-11-16-12-15(8-10-19(16)22(13)26(2,24)25)20(23)21-18-9-7-14-5-3-4-6-17(14)18/h3-6,8,10,12-13,18H,7,9,11H2,1-2H3,(H,21,23). The first-order chi connectivity index (χ1) is 12.3. The lowest BCUT2D eigenvalue weighted by Gasteiger charge is -2.22. The largest absolute Gasteiger partial charge is 0.345 e. The van der Waals surface area contributed by atoms with Crippen molar-refractivity contribution in [1.29, 1.82) is 0 Å². The molecule has 0 spiro atoms. The number of sulfonamides is 1. The summed E-state index contributed by atoms with van der Waals surface area (Å²) in [5.74, 6) is -0.111. The molecule has 1 heterocycles. The Balaban J connectivity index is 1.57. The topological polar surface area (TPSA) is 66.5 Å². The number of amides is 1. The van der Waals surface area contributed by atoms with Crippen LogP contribution in [0.5, 0.6) is 0 Å². The van der Waals surface area contributed by atoms with Crippen LogP contribution in [0.2, 0.25) is 0 Å². The molecule has 0 bridgehead atoms. The molecule has 2 atom stereocenters. The fourth-order valence-electron chi connectivity index (χ4n) is 4.20. The van der Waals surface area contributed by atoms with Crippen molar-refractivity contribution in [3.8, 4) is 0 Å². The molecular formula is C20H22N2O3S. The molecule has 1 aliphatic heterocycles. The third-order valence-electron chi connectivity index (χ3n) is 5.29. The van der Waals surface area contributed by atoms with E-state index in [0.717, 1.165) is 18.4 Å². The third-order valence-corrected chi connectivity index (χ3v) is 6.56. The van der Waals surface area contributed by atoms with Gasteiger partial charge in [0.15, 0.2) is 0 Å². The van der Waals surface area contributed by atoms with E-state index in [1.807, 2.05) is 25.1 Å². The van der Waals surface area contributed by atoms with Crippen LogP contribution in [0, 0.1) is 0 Å². The Morgan fingerprint density at radius 2 is 1.92 bits per heavy atom. The van der Waals surface area contributed by atoms with Crippen LogP contribution < -0.4 is 9.62 Å². The van der Waals surface area contributed by atoms with Crippen LogP contribution in [-0.2, 0) is 22.9 Å². The summed E-state index contributed by atoms with van der Waals surface area (Å²) < 4.78 is 25.5. The van der Waals surface area contributed by atoms with E-state index < -0.39 is 10.0 Å². The minimum Gasteiger partial charge on any atom is -0.345 e. The van der Waals surface area contributed by atoms with E-state index in [2.05, 4.69) is 17.4 Å². The molecule has 5 nitrogen and oxygen atoms in total. The molecular weight excluding hydrogens is 348 g/mol. The van der Waals surface area contributed by atoms with E-state index >= 15 is 0 Å². The Morgan fingerprint density at radius 1 is 1.15 bits per heavy atom. The number of aryl methyl sites for hydroxylation is 1. The van der Waals surface area contributed by atoms with Gasteiger partial charge in [0.2, 0.25) is 10.0 Å². The summed E-state index contributed by atoms with van der Waals surface area (Å²) in [6, 6.07) is 13.4. The highest BCUT2D eigenvalue weighted by Gasteiger charge is 2.33. The molecule has 2 aromatic carbocycles. The second-order valence-corrected chi connectivity index (χ2v) is 9.08. The van der Waals surface area contributed by atoms with Gasteiger partial charge >= 0.3 is 0 Å². The molecule has 6 heteroatoms. The first-order valence-corrected chi connectivity index (χ1v) is 10.7. The zero-order valence-corrected chi connectivity index (χ0v) is 15.7. The van der Waals surface area contributed by atoms with Crippen LogP contribution in [0.3, 0.4) is 0 Å². The summed E-state index contributed by atoms with van der Waals surface area (Å²) in [7, 11) is -3.32. The van der Waals surface area contributed by atoms with Crippen molar-refractivity contribution in [2.45, 2.75) is 38.3 Å². The number of carbonyl (C=O) groups is 1. The predicted octanol–water partition coefficient (Wildman–Crippen LogP) is 2.81. The molecule has 0 aromatic heterocycles. The maximum absolute atomic E-state index is 12.7. The van der Waals surface area contributed by atoms with Crippen LogP contribution in [-0.4, -0.2) is 26.6 Å². The van der Waals surface area contributed by atoms with Gasteiger partial charge in [-0.2, -0.15) is 0 Å². The SMILES string of the molecule is CC1Cc2cc(C(=O)NC3CCc4ccccc43)ccc2N1S(C)(=O)=O. The molecule has 0 radical (unpaired) electrons. The van der Waals surface area contributed by atoms with Crippen molar-refractivity contribution in [2.24, 2.45) is 0 Å². The number of fused-ring (bicyclic) bond motifs is 2. The molecule has 26 heavy (non-hydrogen) atoms. The molecule has 1 aliphatic carbocycles. The molecule has 1 amide bonds. The number of nitrogens with one attached hydrogen (secondary N) is 1. The van der Waals surface area contributed by atoms with E-state index in [4.69, 9.17) is 0 Å². The van der Waals surface area contributed by atoms with Gasteiger partial charge in [-0.15, -0.1) is 0 Å². The Bertz CT molecular complexity index is 984. The average Bonchev–Trinajstić information content (AvgIpc) is 3.14. The fourth-order valence-corrected chi connectivity index (χ4v) is 5.46. The van der Waals surface area contributed by atoms with Crippen molar-refractivity contribution < 1.29 is 13.2 Å². The van der Waals surface area contributed by atoms with Crippen molar-refractivity contribution in [3.05, 3.63) is 64.7 Å². The third kappa shape index (κ3) is 2.88. The van der Waals surface area contributed by atoms with Crippen LogP contribution in [0.15, 0.2) is 42.5 Å². The van der Waals surface area contributed by atoms with E-state index in [-0.39, 0.29) is 18.0 Å². The van der Waals surface area contributed by atoms with E-state index in [1.165, 1.54) is 21.7 Å². The number of rotatable bonds is 3. The first-order valence-electron chi connectivity index (χ1n) is 8.85. The molecule has 1 N–H and O–H groups in total. The van der Waals surface area contributed by atoms with Crippen LogP contribution in [0.25, 0.3) is 0 Å². The van der Waals surface area contributed by atoms with Crippen molar-refractivity contribution >= 4 is 21.6 Å². The van der Waals surface area contributed by atoms with Gasteiger partial charge < -0.3 is 5.32 Å².